The molecule has 0 atom stereocenters. The molecule has 6 heteroatoms. The molecule has 18 heavy (non-hydrogen) atoms. The van der Waals surface area contributed by atoms with Crippen LogP contribution in [0.5, 0.6) is 5.75 Å². The molecule has 1 rings (SSSR count). The van der Waals surface area contributed by atoms with Crippen molar-refractivity contribution in [1.29, 1.82) is 0 Å². The molecule has 0 fully saturated rings. The van der Waals surface area contributed by atoms with Gasteiger partial charge in [-0.05, 0) is 32.9 Å². The highest BCUT2D eigenvalue weighted by atomic mass is 35.5. The van der Waals surface area contributed by atoms with Gasteiger partial charge in [0.2, 0.25) is 0 Å². The van der Waals surface area contributed by atoms with E-state index in [1.165, 1.54) is 0 Å². The highest BCUT2D eigenvalue weighted by Crippen LogP contribution is 2.27. The maximum atomic E-state index is 11.4. The number of ether oxygens (including phenoxy) is 1. The van der Waals surface area contributed by atoms with Gasteiger partial charge in [-0.25, -0.2) is 5.48 Å². The number of hydrogen-bond acceptors (Lipinski definition) is 3. The Hall–Kier alpha value is -0.970. The molecule has 1 amide bonds. The Morgan fingerprint density at radius 1 is 1.33 bits per heavy atom. The lowest BCUT2D eigenvalue weighted by Gasteiger charge is -2.19. The fraction of sp³-hybridized carbons (Fsp3) is 0.417. The summed E-state index contributed by atoms with van der Waals surface area (Å²) in [4.78, 5) is 16.5. The molecule has 0 radical (unpaired) electrons. The predicted molar refractivity (Wildman–Crippen MR) is 70.9 cm³/mol. The first-order valence-electron chi connectivity index (χ1n) is 5.32. The Bertz CT molecular complexity index is 430. The SMILES string of the molecule is CC(C)(C)ONC(=O)COc1cc(Cl)ccc1Cl. The number of hydrogen-bond donors (Lipinski definition) is 1. The van der Waals surface area contributed by atoms with Crippen LogP contribution >= 0.6 is 23.2 Å². The molecule has 0 spiro atoms. The van der Waals surface area contributed by atoms with Crippen molar-refractivity contribution in [2.24, 2.45) is 0 Å². The number of halogens is 2. The van der Waals surface area contributed by atoms with Crippen molar-refractivity contribution >= 4 is 29.1 Å². The molecule has 100 valence electrons. The van der Waals surface area contributed by atoms with Crippen LogP contribution in [-0.4, -0.2) is 18.1 Å². The van der Waals surface area contributed by atoms with Gasteiger partial charge >= 0.3 is 0 Å². The number of rotatable bonds is 4. The molecule has 0 saturated heterocycles. The Morgan fingerprint density at radius 2 is 2.00 bits per heavy atom. The Morgan fingerprint density at radius 3 is 2.61 bits per heavy atom. The van der Waals surface area contributed by atoms with Gasteiger partial charge in [0.25, 0.3) is 5.91 Å². The summed E-state index contributed by atoms with van der Waals surface area (Å²) >= 11 is 11.7. The summed E-state index contributed by atoms with van der Waals surface area (Å²) in [6, 6.07) is 4.78. The maximum Gasteiger partial charge on any atom is 0.281 e. The first-order valence-corrected chi connectivity index (χ1v) is 6.08. The lowest BCUT2D eigenvalue weighted by Crippen LogP contribution is -2.36. The minimum Gasteiger partial charge on any atom is -0.482 e. The average Bonchev–Trinajstić information content (AvgIpc) is 2.26. The van der Waals surface area contributed by atoms with Gasteiger partial charge in [-0.3, -0.25) is 9.63 Å². The van der Waals surface area contributed by atoms with Crippen LogP contribution in [0, 0.1) is 0 Å². The van der Waals surface area contributed by atoms with Crippen LogP contribution in [0.25, 0.3) is 0 Å². The Kier molecular flexibility index (Phi) is 5.26. The van der Waals surface area contributed by atoms with E-state index in [1.54, 1.807) is 18.2 Å². The molecule has 0 aliphatic rings. The van der Waals surface area contributed by atoms with E-state index in [1.807, 2.05) is 20.8 Å². The zero-order valence-corrected chi connectivity index (χ0v) is 11.9. The second-order valence-corrected chi connectivity index (χ2v) is 5.45. The fourth-order valence-electron chi connectivity index (χ4n) is 0.971. The first-order chi connectivity index (χ1) is 8.28. The summed E-state index contributed by atoms with van der Waals surface area (Å²) in [5, 5.41) is 0.879. The smallest absolute Gasteiger partial charge is 0.281 e. The van der Waals surface area contributed by atoms with E-state index >= 15 is 0 Å². The predicted octanol–water partition coefficient (Wildman–Crippen LogP) is 3.22. The molecule has 1 N–H and O–H groups in total. The van der Waals surface area contributed by atoms with Crippen molar-refractivity contribution in [1.82, 2.24) is 5.48 Å². The van der Waals surface area contributed by atoms with Crippen molar-refractivity contribution in [3.05, 3.63) is 28.2 Å². The van der Waals surface area contributed by atoms with Gasteiger partial charge in [-0.15, -0.1) is 0 Å². The summed E-state index contributed by atoms with van der Waals surface area (Å²) in [6.07, 6.45) is 0. The van der Waals surface area contributed by atoms with Crippen LogP contribution in [0.15, 0.2) is 18.2 Å². The van der Waals surface area contributed by atoms with E-state index in [2.05, 4.69) is 5.48 Å². The van der Waals surface area contributed by atoms with Crippen LogP contribution in [0.1, 0.15) is 20.8 Å². The molecule has 4 nitrogen and oxygen atoms in total. The monoisotopic (exact) mass is 291 g/mol. The van der Waals surface area contributed by atoms with Crippen LogP contribution in [0.2, 0.25) is 10.0 Å². The highest BCUT2D eigenvalue weighted by molar-refractivity contribution is 6.34. The van der Waals surface area contributed by atoms with Crippen molar-refractivity contribution < 1.29 is 14.4 Å². The van der Waals surface area contributed by atoms with Gasteiger partial charge < -0.3 is 4.74 Å². The topological polar surface area (TPSA) is 47.6 Å². The largest absolute Gasteiger partial charge is 0.482 e. The maximum absolute atomic E-state index is 11.4. The average molecular weight is 292 g/mol. The van der Waals surface area contributed by atoms with Crippen molar-refractivity contribution in [2.45, 2.75) is 26.4 Å². The van der Waals surface area contributed by atoms with Crippen LogP contribution in [0.4, 0.5) is 0 Å². The molecule has 0 heterocycles. The van der Waals surface area contributed by atoms with Crippen molar-refractivity contribution in [3.63, 3.8) is 0 Å². The van der Waals surface area contributed by atoms with Gasteiger partial charge in [0.1, 0.15) is 5.75 Å². The third-order valence-corrected chi connectivity index (χ3v) is 2.27. The first kappa shape index (κ1) is 15.1. The summed E-state index contributed by atoms with van der Waals surface area (Å²) in [5.74, 6) is -0.0453. The Balaban J connectivity index is 2.45. The molecular formula is C12H15Cl2NO3. The third-order valence-electron chi connectivity index (χ3n) is 1.72. The van der Waals surface area contributed by atoms with Gasteiger partial charge in [-0.2, -0.15) is 0 Å². The van der Waals surface area contributed by atoms with E-state index in [0.29, 0.717) is 15.8 Å². The van der Waals surface area contributed by atoms with E-state index < -0.39 is 11.5 Å². The second kappa shape index (κ2) is 6.27. The zero-order valence-electron chi connectivity index (χ0n) is 10.4. The molecule has 1 aromatic rings. The minimum atomic E-state index is -0.455. The normalized spacial score (nSPS) is 11.2. The number of hydroxylamine groups is 1. The fourth-order valence-corrected chi connectivity index (χ4v) is 1.30. The molecule has 0 saturated carbocycles. The van der Waals surface area contributed by atoms with Gasteiger partial charge in [-0.1, -0.05) is 23.2 Å². The van der Waals surface area contributed by atoms with Crippen molar-refractivity contribution in [3.8, 4) is 5.75 Å². The number of amides is 1. The Labute approximate surface area is 116 Å². The highest BCUT2D eigenvalue weighted by Gasteiger charge is 2.13. The van der Waals surface area contributed by atoms with Gasteiger partial charge in [0, 0.05) is 11.1 Å². The number of carbonyl (C=O) groups excluding carboxylic acids is 1. The van der Waals surface area contributed by atoms with Crippen LogP contribution in [0.3, 0.4) is 0 Å². The number of carbonyl (C=O) groups is 1. The van der Waals surface area contributed by atoms with Crippen LogP contribution in [-0.2, 0) is 9.63 Å². The van der Waals surface area contributed by atoms with Crippen LogP contribution < -0.4 is 10.2 Å². The molecule has 0 aromatic heterocycles. The molecule has 0 unspecified atom stereocenters. The number of benzene rings is 1. The van der Waals surface area contributed by atoms with Crippen molar-refractivity contribution in [2.75, 3.05) is 6.61 Å². The second-order valence-electron chi connectivity index (χ2n) is 4.60. The third kappa shape index (κ3) is 5.58. The summed E-state index contributed by atoms with van der Waals surface area (Å²) in [7, 11) is 0. The lowest BCUT2D eigenvalue weighted by atomic mass is 10.2. The molecule has 1 aromatic carbocycles. The molecule has 0 aliphatic carbocycles. The molecule has 0 bridgehead atoms. The van der Waals surface area contributed by atoms with E-state index in [4.69, 9.17) is 32.8 Å². The summed E-state index contributed by atoms with van der Waals surface area (Å²) in [6.45, 7) is 5.27. The summed E-state index contributed by atoms with van der Waals surface area (Å²) < 4.78 is 5.24. The molecule has 0 aliphatic heterocycles. The quantitative estimate of drug-likeness (QED) is 0.867. The van der Waals surface area contributed by atoms with E-state index in [9.17, 15) is 4.79 Å². The van der Waals surface area contributed by atoms with E-state index in [0.717, 1.165) is 0 Å². The summed E-state index contributed by atoms with van der Waals surface area (Å²) in [5.41, 5.74) is 1.83. The minimum absolute atomic E-state index is 0.198. The lowest BCUT2D eigenvalue weighted by molar-refractivity contribution is -0.147. The molecular weight excluding hydrogens is 277 g/mol. The van der Waals surface area contributed by atoms with Gasteiger partial charge in [0.05, 0.1) is 10.6 Å². The zero-order chi connectivity index (χ0) is 13.8. The van der Waals surface area contributed by atoms with E-state index in [-0.39, 0.29) is 6.61 Å². The standard InChI is InChI=1S/C12H15Cl2NO3/c1-12(2,3)18-15-11(16)7-17-10-6-8(13)4-5-9(10)14/h4-6H,7H2,1-3H3,(H,15,16). The van der Waals surface area contributed by atoms with Gasteiger partial charge in [0.15, 0.2) is 6.61 Å². The number of nitrogens with one attached hydrogen (secondary N) is 1.